The van der Waals surface area contributed by atoms with Gasteiger partial charge in [-0.25, -0.2) is 44.9 Å². The molecule has 1 aliphatic heterocycles. The summed E-state index contributed by atoms with van der Waals surface area (Å²) in [6.45, 7) is 13.9. The maximum Gasteiger partial charge on any atom is 0.183 e. The third-order valence-electron chi connectivity index (χ3n) is 27.4. The molecule has 131 heavy (non-hydrogen) atoms. The fourth-order valence-corrected chi connectivity index (χ4v) is 22.6. The van der Waals surface area contributed by atoms with Gasteiger partial charge in [0.1, 0.15) is 57.0 Å². The molecule has 22 aromatic rings. The number of fused-ring (bicyclic) bond motifs is 25. The van der Waals surface area contributed by atoms with Crippen molar-refractivity contribution in [1.29, 1.82) is 0 Å². The molecular weight excluding hydrogens is 1630 g/mol. The van der Waals surface area contributed by atoms with E-state index < -0.39 is 0 Å². The first kappa shape index (κ1) is 77.5. The molecule has 5 aliphatic rings. The van der Waals surface area contributed by atoms with Gasteiger partial charge in [-0.1, -0.05) is 248 Å². The van der Waals surface area contributed by atoms with E-state index in [-0.39, 0.29) is 16.2 Å². The Balaban J connectivity index is 0.000000106. The van der Waals surface area contributed by atoms with E-state index >= 15 is 0 Å². The highest BCUT2D eigenvalue weighted by atomic mass is 32.1. The number of rotatable bonds is 9. The average molecular weight is 1710 g/mol. The van der Waals surface area contributed by atoms with Gasteiger partial charge in [0, 0.05) is 127 Å². The lowest BCUT2D eigenvalue weighted by Crippen LogP contribution is -2.24. The normalized spacial score (nSPS) is 15.4. The number of ether oxygens (including phenoxy) is 1. The molecule has 0 N–H and O–H groups in total. The van der Waals surface area contributed by atoms with Gasteiger partial charge in [0.15, 0.2) is 52.4 Å². The van der Waals surface area contributed by atoms with Crippen LogP contribution in [0, 0.1) is 0 Å². The van der Waals surface area contributed by atoms with Crippen molar-refractivity contribution in [2.45, 2.75) is 95.5 Å². The van der Waals surface area contributed by atoms with Crippen molar-refractivity contribution in [2.75, 3.05) is 0 Å². The second-order valence-electron chi connectivity index (χ2n) is 36.1. The van der Waals surface area contributed by atoms with E-state index in [2.05, 4.69) is 226 Å². The Labute approximate surface area is 758 Å². The molecule has 0 spiro atoms. The predicted octanol–water partition coefficient (Wildman–Crippen LogP) is 27.9. The Morgan fingerprint density at radius 2 is 0.824 bits per heavy atom. The van der Waals surface area contributed by atoms with Crippen LogP contribution in [0.3, 0.4) is 0 Å². The molecule has 626 valence electrons. The number of hydrogen-bond donors (Lipinski definition) is 0. The Kier molecular flexibility index (Phi) is 17.8. The monoisotopic (exact) mass is 1710 g/mol. The van der Waals surface area contributed by atoms with Crippen LogP contribution in [0.15, 0.2) is 331 Å². The molecule has 4 aliphatic carbocycles. The maximum atomic E-state index is 6.57. The van der Waals surface area contributed by atoms with Gasteiger partial charge in [-0.15, -0.1) is 11.3 Å². The second-order valence-corrected chi connectivity index (χ2v) is 37.1. The summed E-state index contributed by atoms with van der Waals surface area (Å²) in [5, 5.41) is 9.16. The van der Waals surface area contributed by atoms with Crippen LogP contribution in [-0.2, 0) is 16.2 Å². The number of benzene rings is 12. The lowest BCUT2D eigenvalue weighted by atomic mass is 9.74. The topological polar surface area (TPSA) is 203 Å². The predicted molar refractivity (Wildman–Crippen MR) is 523 cm³/mol. The van der Waals surface area contributed by atoms with E-state index in [0.29, 0.717) is 81.5 Å². The molecule has 0 amide bonds. The van der Waals surface area contributed by atoms with Crippen molar-refractivity contribution in [3.63, 3.8) is 0 Å². The average Bonchev–Trinajstić information content (AvgIpc) is 1.55. The summed E-state index contributed by atoms with van der Waals surface area (Å²) < 4.78 is 21.7. The molecule has 0 saturated heterocycles. The molecule has 16 nitrogen and oxygen atoms in total. The van der Waals surface area contributed by atoms with E-state index in [0.717, 1.165) is 105 Å². The Bertz CT molecular complexity index is 8400. The molecule has 17 heteroatoms. The zero-order chi connectivity index (χ0) is 87.5. The highest BCUT2D eigenvalue weighted by Crippen LogP contribution is 2.61. The summed E-state index contributed by atoms with van der Waals surface area (Å²) in [7, 11) is 0. The van der Waals surface area contributed by atoms with Crippen molar-refractivity contribution >= 4 is 86.2 Å². The molecule has 27 rings (SSSR count). The Hall–Kier alpha value is -15.9. The minimum Gasteiger partial charge on any atom is -0.489 e. The lowest BCUT2D eigenvalue weighted by molar-refractivity contribution is 0.164. The summed E-state index contributed by atoms with van der Waals surface area (Å²) in [6.07, 6.45) is 12.3. The summed E-state index contributed by atoms with van der Waals surface area (Å²) in [6, 6.07) is 102. The van der Waals surface area contributed by atoms with Gasteiger partial charge in [-0.3, -0.25) is 19.9 Å². The van der Waals surface area contributed by atoms with Crippen LogP contribution < -0.4 is 4.74 Å². The Morgan fingerprint density at radius 3 is 1.55 bits per heavy atom. The van der Waals surface area contributed by atoms with Gasteiger partial charge < -0.3 is 13.6 Å². The van der Waals surface area contributed by atoms with E-state index in [1.807, 2.05) is 134 Å². The van der Waals surface area contributed by atoms with Crippen molar-refractivity contribution in [3.05, 3.63) is 361 Å². The molecule has 2 unspecified atom stereocenters. The van der Waals surface area contributed by atoms with Gasteiger partial charge in [-0.05, 0) is 188 Å². The molecule has 11 heterocycles. The fraction of sp³-hybridized carbons (Fsp3) is 0.132. The van der Waals surface area contributed by atoms with Crippen LogP contribution in [0.2, 0.25) is 0 Å². The first-order valence-corrected chi connectivity index (χ1v) is 45.5. The first-order valence-electron chi connectivity index (χ1n) is 44.7. The summed E-state index contributed by atoms with van der Waals surface area (Å²) in [5.74, 6) is 6.82. The third kappa shape index (κ3) is 12.6. The SMILES string of the molecule is CC1(C)c2cc(-c3nc(-c4ccccc4)nc(-c4nccc5ccccc45)n3)ccc2-c2ccc3c(c21)C1CCCCC1O3.CC1(C)c2ccc(-c3nc(-c4ccccn4)nc(-c4ccccn4)n3)cc2-c2ccc3oc4ccccc4c3c21.CC1(C)c2ccccc2-c2c(-c3nc(-c4ccccn4)nc(-c4cccc5c4sc4ccccc45)n3)cc3oc4ccccc4c3c21. The minimum atomic E-state index is -0.269. The van der Waals surface area contributed by atoms with Crippen LogP contribution in [-0.4, -0.2) is 70.9 Å². The molecule has 1 fully saturated rings. The van der Waals surface area contributed by atoms with Crippen LogP contribution in [0.4, 0.5) is 0 Å². The number of hydrogen-bond acceptors (Lipinski definition) is 17. The summed E-state index contributed by atoms with van der Waals surface area (Å²) in [4.78, 5) is 63.5. The minimum absolute atomic E-state index is 0.170. The number of aromatic nitrogens is 13. The van der Waals surface area contributed by atoms with E-state index in [1.165, 1.54) is 107 Å². The van der Waals surface area contributed by atoms with Crippen molar-refractivity contribution < 1.29 is 13.6 Å². The number of furan rings is 2. The van der Waals surface area contributed by atoms with Crippen LogP contribution in [0.5, 0.6) is 5.75 Å². The zero-order valence-electron chi connectivity index (χ0n) is 72.5. The van der Waals surface area contributed by atoms with Crippen molar-refractivity contribution in [1.82, 2.24) is 64.8 Å². The molecule has 0 radical (unpaired) electrons. The summed E-state index contributed by atoms with van der Waals surface area (Å²) >= 11 is 1.77. The third-order valence-corrected chi connectivity index (χ3v) is 28.6. The van der Waals surface area contributed by atoms with Gasteiger partial charge in [0.25, 0.3) is 0 Å². The highest BCUT2D eigenvalue weighted by Gasteiger charge is 2.47. The van der Waals surface area contributed by atoms with Gasteiger partial charge >= 0.3 is 0 Å². The van der Waals surface area contributed by atoms with Crippen LogP contribution in [0.1, 0.15) is 112 Å². The van der Waals surface area contributed by atoms with Gasteiger partial charge in [0.2, 0.25) is 0 Å². The largest absolute Gasteiger partial charge is 0.489 e. The maximum absolute atomic E-state index is 6.57. The molecule has 12 aromatic carbocycles. The molecule has 1 saturated carbocycles. The highest BCUT2D eigenvalue weighted by molar-refractivity contribution is 7.26. The smallest absolute Gasteiger partial charge is 0.183 e. The molecule has 10 aromatic heterocycles. The molecular formula is C114H81N13O3S. The lowest BCUT2D eigenvalue weighted by Gasteiger charge is -2.28. The number of nitrogens with zero attached hydrogens (tertiary/aromatic N) is 13. The van der Waals surface area contributed by atoms with Crippen LogP contribution >= 0.6 is 11.3 Å². The standard InChI is InChI=1S/C41H26N4OS.C39H32N4O.C34H23N5O/c1-41(2)29-17-6-3-13-25(29)34-28(22-32-35(36(34)41)26-14-4-7-19-31(26)46-32)39-43-38(44-40(45-39)30-18-9-10-21-42-30)27-16-11-15-24-23-12-5-8-20-33(23)47-37(24)27;1-39(2)30-22-25(16-17-27(30)28-18-19-32-33(34(28)39)29-14-8-9-15-31(29)44-32)37-41-36(24-11-4-3-5-12-24)42-38(43-37)35-26-13-7-6-10-23(26)20-21-40-35;1-34(2)24-15-13-20(19-23(24)21-14-16-28-29(30(21)34)22-9-3-4-12-27(22)40-28)31-37-32(25-10-5-7-17-35-25)39-33(38-31)26-11-6-8-18-36-26/h3-22H,1-2H3;3-7,10-13,16-22,29,31H,8-9,14-15H2,1-2H3;3-19H,1-2H3. The molecule has 0 bridgehead atoms. The summed E-state index contributed by atoms with van der Waals surface area (Å²) in [5.41, 5.74) is 27.1. The van der Waals surface area contributed by atoms with Crippen LogP contribution in [0.25, 0.3) is 211 Å². The fourth-order valence-electron chi connectivity index (χ4n) is 21.4. The van der Waals surface area contributed by atoms with E-state index in [4.69, 9.17) is 63.4 Å². The van der Waals surface area contributed by atoms with Crippen molar-refractivity contribution in [3.8, 4) is 142 Å². The van der Waals surface area contributed by atoms with Gasteiger partial charge in [-0.2, -0.15) is 0 Å². The number of thiophene rings is 1. The quantitative estimate of drug-likeness (QED) is 0.132. The molecule has 2 atom stereocenters. The number of para-hydroxylation sites is 2. The Morgan fingerprint density at radius 1 is 0.305 bits per heavy atom. The zero-order valence-corrected chi connectivity index (χ0v) is 73.3. The van der Waals surface area contributed by atoms with E-state index in [1.54, 1.807) is 29.9 Å². The van der Waals surface area contributed by atoms with Gasteiger partial charge in [0.05, 0.1) is 0 Å². The number of pyridine rings is 4. The second kappa shape index (κ2) is 30.2. The van der Waals surface area contributed by atoms with E-state index in [9.17, 15) is 0 Å². The first-order chi connectivity index (χ1) is 64.2. The van der Waals surface area contributed by atoms with Crippen molar-refractivity contribution in [2.24, 2.45) is 0 Å².